The van der Waals surface area contributed by atoms with Crippen molar-refractivity contribution in [3.63, 3.8) is 0 Å². The Hall–Kier alpha value is -2.64. The Labute approximate surface area is 188 Å². The SMILES string of the molecule is COC1CC2(C1)CC(C(=O)N1Cc3cccnc3Nc3ccc(N4CCOCC4)cc31)C2. The van der Waals surface area contributed by atoms with Crippen molar-refractivity contribution in [1.82, 2.24) is 4.98 Å². The van der Waals surface area contributed by atoms with Crippen LogP contribution in [-0.2, 0) is 20.8 Å². The van der Waals surface area contributed by atoms with Crippen molar-refractivity contribution in [3.8, 4) is 0 Å². The fourth-order valence-electron chi connectivity index (χ4n) is 5.91. The Bertz CT molecular complexity index is 1020. The van der Waals surface area contributed by atoms with E-state index in [0.29, 0.717) is 18.1 Å². The molecule has 0 unspecified atom stereocenters. The van der Waals surface area contributed by atoms with Crippen LogP contribution < -0.4 is 15.1 Å². The monoisotopic (exact) mass is 434 g/mol. The molecular weight excluding hydrogens is 404 g/mol. The molecule has 2 aliphatic heterocycles. The zero-order valence-electron chi connectivity index (χ0n) is 18.5. The number of rotatable bonds is 3. The molecule has 0 bridgehead atoms. The van der Waals surface area contributed by atoms with Crippen LogP contribution in [0.25, 0.3) is 0 Å². The minimum Gasteiger partial charge on any atom is -0.381 e. The second-order valence-electron chi connectivity index (χ2n) is 9.73. The van der Waals surface area contributed by atoms with Gasteiger partial charge in [0, 0.05) is 43.6 Å². The lowest BCUT2D eigenvalue weighted by atomic mass is 9.50. The molecule has 1 amide bonds. The Kier molecular flexibility index (Phi) is 4.84. The molecule has 1 saturated heterocycles. The minimum absolute atomic E-state index is 0.0888. The Morgan fingerprint density at radius 2 is 2.00 bits per heavy atom. The lowest BCUT2D eigenvalue weighted by molar-refractivity contribution is -0.150. The topological polar surface area (TPSA) is 66.9 Å². The summed E-state index contributed by atoms with van der Waals surface area (Å²) in [5.74, 6) is 1.15. The predicted octanol–water partition coefficient (Wildman–Crippen LogP) is 3.71. The van der Waals surface area contributed by atoms with Gasteiger partial charge in [-0.1, -0.05) is 6.07 Å². The summed E-state index contributed by atoms with van der Waals surface area (Å²) in [6.07, 6.45) is 6.33. The van der Waals surface area contributed by atoms with Crippen LogP contribution >= 0.6 is 0 Å². The van der Waals surface area contributed by atoms with Gasteiger partial charge in [-0.2, -0.15) is 0 Å². The van der Waals surface area contributed by atoms with Crippen molar-refractivity contribution in [3.05, 3.63) is 42.1 Å². The van der Waals surface area contributed by atoms with Gasteiger partial charge in [-0.15, -0.1) is 0 Å². The first-order valence-corrected chi connectivity index (χ1v) is 11.7. The van der Waals surface area contributed by atoms with Crippen LogP contribution in [0.15, 0.2) is 36.5 Å². The van der Waals surface area contributed by atoms with Crippen LogP contribution in [0.5, 0.6) is 0 Å². The van der Waals surface area contributed by atoms with Crippen molar-refractivity contribution in [2.75, 3.05) is 48.5 Å². The molecular formula is C25H30N4O3. The first kappa shape index (κ1) is 20.0. The number of amides is 1. The molecule has 1 aromatic carbocycles. The number of hydrogen-bond acceptors (Lipinski definition) is 6. The van der Waals surface area contributed by atoms with Crippen LogP contribution in [0.3, 0.4) is 0 Å². The number of hydrogen-bond donors (Lipinski definition) is 1. The van der Waals surface area contributed by atoms with Crippen molar-refractivity contribution >= 4 is 28.8 Å². The maximum Gasteiger partial charge on any atom is 0.230 e. The van der Waals surface area contributed by atoms with E-state index in [0.717, 1.165) is 80.4 Å². The van der Waals surface area contributed by atoms with Crippen LogP contribution in [0, 0.1) is 11.3 Å². The number of anilines is 4. The fourth-order valence-corrected chi connectivity index (χ4v) is 5.91. The molecule has 6 rings (SSSR count). The van der Waals surface area contributed by atoms with Crippen LogP contribution in [0.1, 0.15) is 31.2 Å². The second-order valence-corrected chi connectivity index (χ2v) is 9.73. The van der Waals surface area contributed by atoms with Gasteiger partial charge in [0.15, 0.2) is 0 Å². The molecule has 2 aliphatic carbocycles. The first-order chi connectivity index (χ1) is 15.6. The van der Waals surface area contributed by atoms with Gasteiger partial charge in [0.1, 0.15) is 5.82 Å². The summed E-state index contributed by atoms with van der Waals surface area (Å²) in [6.45, 7) is 3.75. The van der Waals surface area contributed by atoms with Gasteiger partial charge in [-0.05, 0) is 55.4 Å². The van der Waals surface area contributed by atoms with E-state index in [1.165, 1.54) is 0 Å². The number of morpholine rings is 1. The summed E-state index contributed by atoms with van der Waals surface area (Å²) in [7, 11) is 1.79. The van der Waals surface area contributed by atoms with Gasteiger partial charge in [0.05, 0.1) is 37.2 Å². The van der Waals surface area contributed by atoms with Gasteiger partial charge >= 0.3 is 0 Å². The van der Waals surface area contributed by atoms with E-state index in [9.17, 15) is 4.79 Å². The molecule has 3 fully saturated rings. The molecule has 7 heteroatoms. The van der Waals surface area contributed by atoms with E-state index < -0.39 is 0 Å². The van der Waals surface area contributed by atoms with E-state index in [4.69, 9.17) is 9.47 Å². The summed E-state index contributed by atoms with van der Waals surface area (Å²) in [4.78, 5) is 22.6. The Morgan fingerprint density at radius 1 is 1.19 bits per heavy atom. The van der Waals surface area contributed by atoms with Crippen molar-refractivity contribution in [1.29, 1.82) is 0 Å². The predicted molar refractivity (Wildman–Crippen MR) is 123 cm³/mol. The molecule has 0 radical (unpaired) electrons. The van der Waals surface area contributed by atoms with Crippen LogP contribution in [0.4, 0.5) is 22.9 Å². The van der Waals surface area contributed by atoms with Gasteiger partial charge in [-0.25, -0.2) is 4.98 Å². The number of benzene rings is 1. The van der Waals surface area contributed by atoms with E-state index in [1.54, 1.807) is 13.3 Å². The quantitative estimate of drug-likeness (QED) is 0.794. The average molecular weight is 435 g/mol. The standard InChI is InChI=1S/C25H30N4O3/c1-31-20-14-25(15-20)12-18(13-25)24(30)29-16-17-3-2-6-26-23(17)27-21-5-4-19(11-22(21)29)28-7-9-32-10-8-28/h2-6,11,18,20H,7-10,12-16H2,1H3,(H,26,27). The van der Waals surface area contributed by atoms with E-state index >= 15 is 0 Å². The molecule has 4 aliphatic rings. The first-order valence-electron chi connectivity index (χ1n) is 11.7. The molecule has 0 atom stereocenters. The third kappa shape index (κ3) is 3.35. The van der Waals surface area contributed by atoms with Crippen molar-refractivity contribution < 1.29 is 14.3 Å². The number of carbonyl (C=O) groups excluding carboxylic acids is 1. The summed E-state index contributed by atoms with van der Waals surface area (Å²) >= 11 is 0. The molecule has 1 spiro atoms. The maximum atomic E-state index is 13.8. The number of carbonyl (C=O) groups is 1. The normalized spacial score (nSPS) is 28.7. The molecule has 32 heavy (non-hydrogen) atoms. The number of methoxy groups -OCH3 is 1. The number of pyridine rings is 1. The molecule has 2 aromatic rings. The van der Waals surface area contributed by atoms with Crippen molar-refractivity contribution in [2.24, 2.45) is 11.3 Å². The molecule has 3 heterocycles. The highest BCUT2D eigenvalue weighted by Gasteiger charge is 2.55. The average Bonchev–Trinajstić information content (AvgIpc) is 2.94. The third-order valence-electron chi connectivity index (χ3n) is 7.75. The zero-order valence-corrected chi connectivity index (χ0v) is 18.5. The molecule has 2 saturated carbocycles. The molecule has 168 valence electrons. The summed E-state index contributed by atoms with van der Waals surface area (Å²) < 4.78 is 11.0. The highest BCUT2D eigenvalue weighted by molar-refractivity contribution is 6.00. The van der Waals surface area contributed by atoms with Crippen LogP contribution in [0.2, 0.25) is 0 Å². The summed E-state index contributed by atoms with van der Waals surface area (Å²) in [5, 5.41) is 3.48. The molecule has 7 nitrogen and oxygen atoms in total. The Balaban J connectivity index is 1.30. The number of fused-ring (bicyclic) bond motifs is 2. The Morgan fingerprint density at radius 3 is 2.78 bits per heavy atom. The lowest BCUT2D eigenvalue weighted by Gasteiger charge is -2.57. The largest absolute Gasteiger partial charge is 0.381 e. The number of aromatic nitrogens is 1. The van der Waals surface area contributed by atoms with Crippen LogP contribution in [-0.4, -0.2) is 50.4 Å². The molecule has 1 aromatic heterocycles. The summed E-state index contributed by atoms with van der Waals surface area (Å²) in [5.41, 5.74) is 4.40. The maximum absolute atomic E-state index is 13.8. The molecule has 1 N–H and O–H groups in total. The van der Waals surface area contributed by atoms with E-state index in [2.05, 4.69) is 39.5 Å². The zero-order chi connectivity index (χ0) is 21.7. The van der Waals surface area contributed by atoms with Gasteiger partial charge < -0.3 is 24.6 Å². The third-order valence-corrected chi connectivity index (χ3v) is 7.75. The number of nitrogens with zero attached hydrogens (tertiary/aromatic N) is 3. The fraction of sp³-hybridized carbons (Fsp3) is 0.520. The minimum atomic E-state index is 0.0888. The highest BCUT2D eigenvalue weighted by atomic mass is 16.5. The van der Waals surface area contributed by atoms with Gasteiger partial charge in [0.2, 0.25) is 5.91 Å². The highest BCUT2D eigenvalue weighted by Crippen LogP contribution is 2.60. The number of nitrogens with one attached hydrogen (secondary N) is 1. The summed E-state index contributed by atoms with van der Waals surface area (Å²) in [6, 6.07) is 10.4. The number of ether oxygens (including phenoxy) is 2. The van der Waals surface area contributed by atoms with Crippen molar-refractivity contribution in [2.45, 2.75) is 38.3 Å². The van der Waals surface area contributed by atoms with Gasteiger partial charge in [-0.3, -0.25) is 4.79 Å². The van der Waals surface area contributed by atoms with Gasteiger partial charge in [0.25, 0.3) is 0 Å². The van der Waals surface area contributed by atoms with E-state index in [1.807, 2.05) is 11.0 Å². The van der Waals surface area contributed by atoms with E-state index in [-0.39, 0.29) is 11.8 Å². The smallest absolute Gasteiger partial charge is 0.230 e. The second kappa shape index (κ2) is 7.74. The lowest BCUT2D eigenvalue weighted by Crippen LogP contribution is -2.54.